The zero-order valence-electron chi connectivity index (χ0n) is 13.6. The molecule has 0 amide bonds. The van der Waals surface area contributed by atoms with Crippen molar-refractivity contribution in [2.45, 2.75) is 65.5 Å². The number of hydrogen-bond donors (Lipinski definition) is 2. The quantitative estimate of drug-likeness (QED) is 0.412. The van der Waals surface area contributed by atoms with Crippen molar-refractivity contribution in [1.82, 2.24) is 15.5 Å². The molecular weight excluding hydrogens is 363 g/mol. The fourth-order valence-corrected chi connectivity index (χ4v) is 2.44. The van der Waals surface area contributed by atoms with Crippen LogP contribution >= 0.6 is 24.0 Å². The Kier molecular flexibility index (Phi) is 11.6. The van der Waals surface area contributed by atoms with E-state index < -0.39 is 0 Å². The molecule has 0 aromatic carbocycles. The smallest absolute Gasteiger partial charge is 0.191 e. The minimum atomic E-state index is 0. The van der Waals surface area contributed by atoms with Crippen molar-refractivity contribution in [2.24, 2.45) is 4.99 Å². The van der Waals surface area contributed by atoms with E-state index in [2.05, 4.69) is 48.2 Å². The Morgan fingerprint density at radius 2 is 2.10 bits per heavy atom. The Hall–Kier alpha value is -0.0400. The second-order valence-corrected chi connectivity index (χ2v) is 5.60. The molecule has 0 radical (unpaired) electrons. The third-order valence-corrected chi connectivity index (χ3v) is 3.94. The summed E-state index contributed by atoms with van der Waals surface area (Å²) in [6.45, 7) is 13.0. The maximum Gasteiger partial charge on any atom is 0.191 e. The van der Waals surface area contributed by atoms with Crippen molar-refractivity contribution < 1.29 is 0 Å². The normalized spacial score (nSPS) is 22.0. The van der Waals surface area contributed by atoms with E-state index in [0.717, 1.165) is 38.1 Å². The van der Waals surface area contributed by atoms with Crippen LogP contribution < -0.4 is 10.6 Å². The summed E-state index contributed by atoms with van der Waals surface area (Å²) in [5, 5.41) is 6.75. The van der Waals surface area contributed by atoms with Crippen LogP contribution in [0.5, 0.6) is 0 Å². The minimum absolute atomic E-state index is 0. The maximum absolute atomic E-state index is 4.68. The van der Waals surface area contributed by atoms with Gasteiger partial charge in [-0.25, -0.2) is 0 Å². The van der Waals surface area contributed by atoms with Crippen LogP contribution in [0, 0.1) is 0 Å². The third-order valence-electron chi connectivity index (χ3n) is 3.94. The number of nitrogens with one attached hydrogen (secondary N) is 2. The molecule has 1 fully saturated rings. The van der Waals surface area contributed by atoms with Crippen molar-refractivity contribution in [1.29, 1.82) is 0 Å². The highest BCUT2D eigenvalue weighted by Gasteiger charge is 2.17. The first-order valence-corrected chi connectivity index (χ1v) is 7.96. The lowest BCUT2D eigenvalue weighted by molar-refractivity contribution is 0.166. The van der Waals surface area contributed by atoms with E-state index in [1.165, 1.54) is 25.8 Å². The molecule has 4 nitrogen and oxygen atoms in total. The number of guanidine groups is 1. The van der Waals surface area contributed by atoms with Crippen LogP contribution in [-0.2, 0) is 0 Å². The first-order valence-electron chi connectivity index (χ1n) is 7.96. The van der Waals surface area contributed by atoms with Crippen LogP contribution in [-0.4, -0.2) is 49.1 Å². The monoisotopic (exact) mass is 396 g/mol. The van der Waals surface area contributed by atoms with Gasteiger partial charge in [0.15, 0.2) is 5.96 Å². The predicted octanol–water partition coefficient (Wildman–Crippen LogP) is 2.83. The van der Waals surface area contributed by atoms with Crippen molar-refractivity contribution in [2.75, 3.05) is 26.2 Å². The van der Waals surface area contributed by atoms with E-state index in [4.69, 9.17) is 0 Å². The lowest BCUT2D eigenvalue weighted by Crippen LogP contribution is -2.43. The maximum atomic E-state index is 4.68. The van der Waals surface area contributed by atoms with Gasteiger partial charge < -0.3 is 10.6 Å². The van der Waals surface area contributed by atoms with E-state index in [1.807, 2.05) is 0 Å². The molecular formula is C15H33IN4. The molecule has 0 spiro atoms. The Bertz CT molecular complexity index is 271. The summed E-state index contributed by atoms with van der Waals surface area (Å²) in [5.41, 5.74) is 0. The summed E-state index contributed by atoms with van der Waals surface area (Å²) >= 11 is 0. The van der Waals surface area contributed by atoms with E-state index in [9.17, 15) is 0 Å². The van der Waals surface area contributed by atoms with Gasteiger partial charge in [0.25, 0.3) is 0 Å². The number of likely N-dealkylation sites (tertiary alicyclic amines) is 1. The summed E-state index contributed by atoms with van der Waals surface area (Å²) in [6.07, 6.45) is 5.20. The molecule has 120 valence electrons. The number of nitrogens with zero attached hydrogens (tertiary/aromatic N) is 2. The van der Waals surface area contributed by atoms with Crippen LogP contribution in [0.25, 0.3) is 0 Å². The fraction of sp³-hybridized carbons (Fsp3) is 0.933. The number of piperidine rings is 1. The molecule has 1 heterocycles. The Labute approximate surface area is 142 Å². The van der Waals surface area contributed by atoms with Crippen molar-refractivity contribution in [3.05, 3.63) is 0 Å². The van der Waals surface area contributed by atoms with Crippen LogP contribution in [0.3, 0.4) is 0 Å². The van der Waals surface area contributed by atoms with Crippen molar-refractivity contribution >= 4 is 29.9 Å². The van der Waals surface area contributed by atoms with E-state index in [1.54, 1.807) is 0 Å². The second kappa shape index (κ2) is 11.6. The van der Waals surface area contributed by atoms with Crippen LogP contribution in [0.4, 0.5) is 0 Å². The molecule has 0 saturated carbocycles. The van der Waals surface area contributed by atoms with Gasteiger partial charge in [0.05, 0.1) is 6.54 Å². The molecule has 0 aromatic heterocycles. The summed E-state index contributed by atoms with van der Waals surface area (Å²) in [5.74, 6) is 0.960. The molecule has 0 aliphatic carbocycles. The fourth-order valence-electron chi connectivity index (χ4n) is 2.44. The average Bonchev–Trinajstić information content (AvgIpc) is 2.41. The first kappa shape index (κ1) is 20.0. The van der Waals surface area contributed by atoms with E-state index >= 15 is 0 Å². The van der Waals surface area contributed by atoms with Crippen LogP contribution in [0.2, 0.25) is 0 Å². The Morgan fingerprint density at radius 1 is 1.35 bits per heavy atom. The molecule has 20 heavy (non-hydrogen) atoms. The molecule has 2 atom stereocenters. The summed E-state index contributed by atoms with van der Waals surface area (Å²) in [6, 6.07) is 1.21. The molecule has 5 heteroatoms. The lowest BCUT2D eigenvalue weighted by Gasteiger charge is -2.32. The predicted molar refractivity (Wildman–Crippen MR) is 99.2 cm³/mol. The van der Waals surface area contributed by atoms with Crippen molar-refractivity contribution in [3.63, 3.8) is 0 Å². The highest BCUT2D eigenvalue weighted by molar-refractivity contribution is 14.0. The highest BCUT2D eigenvalue weighted by atomic mass is 127. The molecule has 1 saturated heterocycles. The lowest BCUT2D eigenvalue weighted by atomic mass is 10.0. The Balaban J connectivity index is 0.00000361. The zero-order chi connectivity index (χ0) is 14.1. The summed E-state index contributed by atoms with van der Waals surface area (Å²) in [7, 11) is 0. The van der Waals surface area contributed by atoms with Gasteiger partial charge >= 0.3 is 0 Å². The van der Waals surface area contributed by atoms with Gasteiger partial charge in [0.1, 0.15) is 0 Å². The van der Waals surface area contributed by atoms with Crippen molar-refractivity contribution in [3.8, 4) is 0 Å². The molecule has 1 rings (SSSR count). The van der Waals surface area contributed by atoms with Gasteiger partial charge in [-0.15, -0.1) is 24.0 Å². The molecule has 0 aromatic rings. The highest BCUT2D eigenvalue weighted by Crippen LogP contribution is 2.15. The standard InChI is InChI=1S/C15H32N4.HI/c1-5-13(3)18-15(16-6-2)17-10-12-19-11-8-7-9-14(19)4;/h13-14H,5-12H2,1-4H3,(H2,16,17,18);1H. The van der Waals surface area contributed by atoms with Gasteiger partial charge in [-0.05, 0) is 46.6 Å². The van der Waals surface area contributed by atoms with Crippen LogP contribution in [0.1, 0.15) is 53.4 Å². The van der Waals surface area contributed by atoms with Crippen LogP contribution in [0.15, 0.2) is 4.99 Å². The second-order valence-electron chi connectivity index (χ2n) is 5.60. The van der Waals surface area contributed by atoms with E-state index in [-0.39, 0.29) is 24.0 Å². The SMILES string of the molecule is CCNC(=NCCN1CCCCC1C)NC(C)CC.I. The summed E-state index contributed by atoms with van der Waals surface area (Å²) in [4.78, 5) is 7.25. The minimum Gasteiger partial charge on any atom is -0.357 e. The third kappa shape index (κ3) is 7.67. The topological polar surface area (TPSA) is 39.7 Å². The molecule has 2 N–H and O–H groups in total. The zero-order valence-corrected chi connectivity index (χ0v) is 15.9. The Morgan fingerprint density at radius 3 is 2.70 bits per heavy atom. The molecule has 0 bridgehead atoms. The number of halogens is 1. The average molecular weight is 396 g/mol. The van der Waals surface area contributed by atoms with Gasteiger partial charge in [0.2, 0.25) is 0 Å². The number of rotatable bonds is 6. The molecule has 1 aliphatic rings. The van der Waals surface area contributed by atoms with Gasteiger partial charge in [-0.2, -0.15) is 0 Å². The van der Waals surface area contributed by atoms with Gasteiger partial charge in [0, 0.05) is 25.2 Å². The largest absolute Gasteiger partial charge is 0.357 e. The molecule has 1 aliphatic heterocycles. The van der Waals surface area contributed by atoms with Gasteiger partial charge in [-0.1, -0.05) is 13.3 Å². The number of hydrogen-bond acceptors (Lipinski definition) is 2. The van der Waals surface area contributed by atoms with E-state index in [0.29, 0.717) is 6.04 Å². The molecule has 2 unspecified atom stereocenters. The van der Waals surface area contributed by atoms with Gasteiger partial charge in [-0.3, -0.25) is 9.89 Å². The number of aliphatic imine (C=N–C) groups is 1. The first-order chi connectivity index (χ1) is 9.17. The summed E-state index contributed by atoms with van der Waals surface area (Å²) < 4.78 is 0.